The van der Waals surface area contributed by atoms with Crippen molar-refractivity contribution in [3.05, 3.63) is 35.9 Å². The second-order valence-electron chi connectivity index (χ2n) is 4.79. The van der Waals surface area contributed by atoms with Crippen molar-refractivity contribution in [2.24, 2.45) is 0 Å². The monoisotopic (exact) mass is 283 g/mol. The minimum Gasteiger partial charge on any atom is -0.351 e. The number of carbonyl (C=O) groups is 1. The minimum atomic E-state index is 0. The Kier molecular flexibility index (Phi) is 6.84. The zero-order chi connectivity index (χ0) is 12.8. The van der Waals surface area contributed by atoms with Gasteiger partial charge in [0.05, 0.1) is 6.54 Å². The van der Waals surface area contributed by atoms with Crippen molar-refractivity contribution in [2.75, 3.05) is 26.2 Å². The first-order valence-corrected chi connectivity index (χ1v) is 6.51. The SMILES string of the molecule is C[C@@H]1CNCCN1CC(=O)NCc1ccccc1.Cl. The van der Waals surface area contributed by atoms with Crippen LogP contribution in [0.4, 0.5) is 0 Å². The van der Waals surface area contributed by atoms with Crippen LogP contribution in [0.1, 0.15) is 12.5 Å². The van der Waals surface area contributed by atoms with Crippen molar-refractivity contribution in [3.63, 3.8) is 0 Å². The van der Waals surface area contributed by atoms with Crippen LogP contribution in [0, 0.1) is 0 Å². The Morgan fingerprint density at radius 1 is 1.42 bits per heavy atom. The highest BCUT2D eigenvalue weighted by Gasteiger charge is 2.19. The highest BCUT2D eigenvalue weighted by atomic mass is 35.5. The largest absolute Gasteiger partial charge is 0.351 e. The van der Waals surface area contributed by atoms with Crippen LogP contribution < -0.4 is 10.6 Å². The van der Waals surface area contributed by atoms with Crippen LogP contribution >= 0.6 is 12.4 Å². The van der Waals surface area contributed by atoms with Gasteiger partial charge in [-0.2, -0.15) is 0 Å². The molecule has 1 fully saturated rings. The van der Waals surface area contributed by atoms with Crippen LogP contribution in [0.2, 0.25) is 0 Å². The molecule has 106 valence electrons. The van der Waals surface area contributed by atoms with E-state index in [2.05, 4.69) is 22.5 Å². The van der Waals surface area contributed by atoms with Crippen LogP contribution in [-0.4, -0.2) is 43.0 Å². The van der Waals surface area contributed by atoms with Gasteiger partial charge in [-0.05, 0) is 12.5 Å². The maximum atomic E-state index is 11.9. The maximum Gasteiger partial charge on any atom is 0.234 e. The van der Waals surface area contributed by atoms with Crippen LogP contribution in [0.15, 0.2) is 30.3 Å². The van der Waals surface area contributed by atoms with Crippen molar-refractivity contribution >= 4 is 18.3 Å². The summed E-state index contributed by atoms with van der Waals surface area (Å²) in [6.07, 6.45) is 0. The van der Waals surface area contributed by atoms with Crippen LogP contribution in [-0.2, 0) is 11.3 Å². The zero-order valence-electron chi connectivity index (χ0n) is 11.3. The Balaban J connectivity index is 0.00000180. The molecule has 0 unspecified atom stereocenters. The summed E-state index contributed by atoms with van der Waals surface area (Å²) in [6.45, 7) is 6.13. The topological polar surface area (TPSA) is 44.4 Å². The van der Waals surface area contributed by atoms with Crippen molar-refractivity contribution in [2.45, 2.75) is 19.5 Å². The van der Waals surface area contributed by atoms with Crippen molar-refractivity contribution in [1.29, 1.82) is 0 Å². The van der Waals surface area contributed by atoms with Gasteiger partial charge in [-0.25, -0.2) is 0 Å². The number of nitrogens with one attached hydrogen (secondary N) is 2. The number of halogens is 1. The van der Waals surface area contributed by atoms with Gasteiger partial charge in [0.25, 0.3) is 0 Å². The molecule has 0 radical (unpaired) electrons. The van der Waals surface area contributed by atoms with Gasteiger partial charge < -0.3 is 10.6 Å². The molecule has 0 bridgehead atoms. The maximum absolute atomic E-state index is 11.9. The van der Waals surface area contributed by atoms with Gasteiger partial charge in [-0.3, -0.25) is 9.69 Å². The summed E-state index contributed by atoms with van der Waals surface area (Å²) in [6, 6.07) is 10.4. The molecule has 1 saturated heterocycles. The van der Waals surface area contributed by atoms with Gasteiger partial charge in [0.1, 0.15) is 0 Å². The number of rotatable bonds is 4. The van der Waals surface area contributed by atoms with E-state index in [9.17, 15) is 4.79 Å². The third kappa shape index (κ3) is 5.19. The lowest BCUT2D eigenvalue weighted by Crippen LogP contribution is -2.52. The lowest BCUT2D eigenvalue weighted by atomic mass is 10.2. The van der Waals surface area contributed by atoms with E-state index in [1.807, 2.05) is 30.3 Å². The molecule has 4 nitrogen and oxygen atoms in total. The molecule has 0 saturated carbocycles. The standard InChI is InChI=1S/C14H21N3O.ClH/c1-12-9-15-7-8-17(12)11-14(18)16-10-13-5-3-2-4-6-13;/h2-6,12,15H,7-11H2,1H3,(H,16,18);1H/t12-;/m1./s1. The number of piperazine rings is 1. The third-order valence-electron chi connectivity index (χ3n) is 3.32. The summed E-state index contributed by atoms with van der Waals surface area (Å²) >= 11 is 0. The molecule has 2 rings (SSSR count). The quantitative estimate of drug-likeness (QED) is 0.867. The molecule has 0 aliphatic carbocycles. The number of amides is 1. The van der Waals surface area contributed by atoms with Crippen molar-refractivity contribution in [1.82, 2.24) is 15.5 Å². The lowest BCUT2D eigenvalue weighted by Gasteiger charge is -2.33. The van der Waals surface area contributed by atoms with Crippen LogP contribution in [0.3, 0.4) is 0 Å². The number of carbonyl (C=O) groups excluding carboxylic acids is 1. The molecule has 1 aromatic carbocycles. The van der Waals surface area contributed by atoms with E-state index < -0.39 is 0 Å². The Morgan fingerprint density at radius 2 is 2.16 bits per heavy atom. The molecule has 0 spiro atoms. The average molecular weight is 284 g/mol. The van der Waals surface area contributed by atoms with E-state index in [-0.39, 0.29) is 18.3 Å². The molecule has 0 aromatic heterocycles. The summed E-state index contributed by atoms with van der Waals surface area (Å²) in [4.78, 5) is 14.1. The molecule has 1 amide bonds. The fraction of sp³-hybridized carbons (Fsp3) is 0.500. The molecule has 5 heteroatoms. The van der Waals surface area contributed by atoms with E-state index in [0.29, 0.717) is 19.1 Å². The first-order valence-electron chi connectivity index (χ1n) is 6.51. The van der Waals surface area contributed by atoms with Gasteiger partial charge in [0.2, 0.25) is 5.91 Å². The Bertz CT molecular complexity index is 386. The van der Waals surface area contributed by atoms with Gasteiger partial charge in [0.15, 0.2) is 0 Å². The summed E-state index contributed by atoms with van der Waals surface area (Å²) in [5.41, 5.74) is 1.14. The van der Waals surface area contributed by atoms with Crippen molar-refractivity contribution < 1.29 is 4.79 Å². The van der Waals surface area contributed by atoms with Gasteiger partial charge in [-0.15, -0.1) is 12.4 Å². The van der Waals surface area contributed by atoms with E-state index in [0.717, 1.165) is 25.2 Å². The van der Waals surface area contributed by atoms with Gasteiger partial charge >= 0.3 is 0 Å². The number of nitrogens with zero attached hydrogens (tertiary/aromatic N) is 1. The molecule has 1 atom stereocenters. The third-order valence-corrected chi connectivity index (χ3v) is 3.32. The smallest absolute Gasteiger partial charge is 0.234 e. The minimum absolute atomic E-state index is 0. The Labute approximate surface area is 121 Å². The van der Waals surface area contributed by atoms with E-state index in [1.165, 1.54) is 0 Å². The number of hydrogen-bond acceptors (Lipinski definition) is 3. The van der Waals surface area contributed by atoms with E-state index in [1.54, 1.807) is 0 Å². The zero-order valence-corrected chi connectivity index (χ0v) is 12.1. The lowest BCUT2D eigenvalue weighted by molar-refractivity contribution is -0.123. The highest BCUT2D eigenvalue weighted by molar-refractivity contribution is 5.85. The number of benzene rings is 1. The first kappa shape index (κ1) is 16.0. The molecular formula is C14H22ClN3O. The molecule has 1 heterocycles. The molecule has 1 aliphatic heterocycles. The van der Waals surface area contributed by atoms with Gasteiger partial charge in [-0.1, -0.05) is 30.3 Å². The molecule has 2 N–H and O–H groups in total. The number of hydrogen-bond donors (Lipinski definition) is 2. The summed E-state index contributed by atoms with van der Waals surface area (Å²) in [5.74, 6) is 0.104. The summed E-state index contributed by atoms with van der Waals surface area (Å²) in [5, 5.41) is 6.29. The second kappa shape index (κ2) is 8.15. The average Bonchev–Trinajstić information content (AvgIpc) is 2.40. The van der Waals surface area contributed by atoms with Crippen molar-refractivity contribution in [3.8, 4) is 0 Å². The van der Waals surface area contributed by atoms with E-state index in [4.69, 9.17) is 0 Å². The summed E-state index contributed by atoms with van der Waals surface area (Å²) in [7, 11) is 0. The Morgan fingerprint density at radius 3 is 2.84 bits per heavy atom. The Hall–Kier alpha value is -1.10. The molecular weight excluding hydrogens is 262 g/mol. The predicted molar refractivity (Wildman–Crippen MR) is 79.4 cm³/mol. The second-order valence-corrected chi connectivity index (χ2v) is 4.79. The predicted octanol–water partition coefficient (Wildman–Crippen LogP) is 1.02. The van der Waals surface area contributed by atoms with Crippen LogP contribution in [0.5, 0.6) is 0 Å². The molecule has 1 aromatic rings. The summed E-state index contributed by atoms with van der Waals surface area (Å²) < 4.78 is 0. The highest BCUT2D eigenvalue weighted by Crippen LogP contribution is 2.02. The normalized spacial score (nSPS) is 19.5. The fourth-order valence-corrected chi connectivity index (χ4v) is 2.15. The first-order chi connectivity index (χ1) is 8.75. The van der Waals surface area contributed by atoms with Crippen LogP contribution in [0.25, 0.3) is 0 Å². The fourth-order valence-electron chi connectivity index (χ4n) is 2.15. The molecule has 19 heavy (non-hydrogen) atoms. The van der Waals surface area contributed by atoms with Gasteiger partial charge in [0, 0.05) is 32.2 Å². The molecule has 1 aliphatic rings. The van der Waals surface area contributed by atoms with E-state index >= 15 is 0 Å².